The van der Waals surface area contributed by atoms with Crippen LogP contribution >= 0.6 is 0 Å². The highest BCUT2D eigenvalue weighted by molar-refractivity contribution is 5.75. The molecule has 0 atom stereocenters. The van der Waals surface area contributed by atoms with Crippen molar-refractivity contribution in [2.45, 2.75) is 20.3 Å². The molecule has 0 fully saturated rings. The molecule has 0 bridgehead atoms. The van der Waals surface area contributed by atoms with Crippen LogP contribution in [0.25, 0.3) is 17.0 Å². The quantitative estimate of drug-likeness (QED) is 0.609. The Labute approximate surface area is 139 Å². The van der Waals surface area contributed by atoms with Gasteiger partial charge in [-0.05, 0) is 37.1 Å². The maximum atomic E-state index is 12.9. The number of H-pyrrole nitrogens is 2. The van der Waals surface area contributed by atoms with Crippen molar-refractivity contribution in [1.82, 2.24) is 19.7 Å². The summed E-state index contributed by atoms with van der Waals surface area (Å²) >= 11 is 0. The van der Waals surface area contributed by atoms with Gasteiger partial charge in [-0.15, -0.1) is 0 Å². The molecule has 0 saturated heterocycles. The second-order valence-corrected chi connectivity index (χ2v) is 6.04. The van der Waals surface area contributed by atoms with Crippen molar-refractivity contribution >= 4 is 11.0 Å². The average Bonchev–Trinajstić information content (AvgIpc) is 3.12. The third-order valence-electron chi connectivity index (χ3n) is 4.41. The van der Waals surface area contributed by atoms with Crippen molar-refractivity contribution in [1.29, 1.82) is 0 Å². The van der Waals surface area contributed by atoms with Crippen LogP contribution in [-0.2, 0) is 6.42 Å². The number of hydrogen-bond acceptors (Lipinski definition) is 2. The number of fused-ring (bicyclic) bond motifs is 1. The zero-order valence-electron chi connectivity index (χ0n) is 13.6. The van der Waals surface area contributed by atoms with Gasteiger partial charge in [-0.25, -0.2) is 4.98 Å². The number of aromatic amines is 2. The maximum Gasteiger partial charge on any atom is 0.277 e. The molecule has 5 heteroatoms. The van der Waals surface area contributed by atoms with Crippen molar-refractivity contribution in [2.24, 2.45) is 0 Å². The van der Waals surface area contributed by atoms with E-state index in [-0.39, 0.29) is 5.56 Å². The summed E-state index contributed by atoms with van der Waals surface area (Å²) in [5, 5.41) is 3.14. The third-order valence-corrected chi connectivity index (χ3v) is 4.41. The van der Waals surface area contributed by atoms with Crippen LogP contribution in [0.2, 0.25) is 0 Å². The number of rotatable bonds is 3. The average molecular weight is 318 g/mol. The highest BCUT2D eigenvalue weighted by Gasteiger charge is 2.15. The fourth-order valence-electron chi connectivity index (χ4n) is 2.98. The molecule has 0 saturated carbocycles. The smallest absolute Gasteiger partial charge is 0.277 e. The molecular formula is C19H18N4O. The van der Waals surface area contributed by atoms with Gasteiger partial charge < -0.3 is 4.98 Å². The molecule has 2 aromatic carbocycles. The molecule has 0 amide bonds. The van der Waals surface area contributed by atoms with Crippen LogP contribution < -0.4 is 5.56 Å². The van der Waals surface area contributed by atoms with Gasteiger partial charge in [0.2, 0.25) is 5.95 Å². The molecule has 0 aliphatic heterocycles. The van der Waals surface area contributed by atoms with E-state index in [0.717, 1.165) is 27.9 Å². The van der Waals surface area contributed by atoms with Gasteiger partial charge in [0, 0.05) is 17.7 Å². The lowest BCUT2D eigenvalue weighted by Gasteiger charge is -2.03. The maximum absolute atomic E-state index is 12.9. The molecule has 120 valence electrons. The van der Waals surface area contributed by atoms with Gasteiger partial charge in [0.05, 0.1) is 11.0 Å². The summed E-state index contributed by atoms with van der Waals surface area (Å²) in [6, 6.07) is 15.9. The number of hydrogen-bond donors (Lipinski definition) is 2. The zero-order chi connectivity index (χ0) is 16.7. The van der Waals surface area contributed by atoms with Crippen molar-refractivity contribution in [3.05, 3.63) is 81.3 Å². The van der Waals surface area contributed by atoms with Crippen LogP contribution in [0.15, 0.2) is 53.3 Å². The monoisotopic (exact) mass is 318 g/mol. The van der Waals surface area contributed by atoms with Gasteiger partial charge in [-0.2, -0.15) is 4.68 Å². The van der Waals surface area contributed by atoms with E-state index in [1.165, 1.54) is 10.2 Å². The Kier molecular flexibility index (Phi) is 3.34. The summed E-state index contributed by atoms with van der Waals surface area (Å²) in [5.74, 6) is 0.514. The number of para-hydroxylation sites is 2. The minimum Gasteiger partial charge on any atom is -0.322 e. The minimum absolute atomic E-state index is 0.0604. The van der Waals surface area contributed by atoms with E-state index in [2.05, 4.69) is 34.1 Å². The number of imidazole rings is 1. The largest absolute Gasteiger partial charge is 0.322 e. The summed E-state index contributed by atoms with van der Waals surface area (Å²) in [6.45, 7) is 3.99. The lowest BCUT2D eigenvalue weighted by Crippen LogP contribution is -2.18. The molecule has 0 spiro atoms. The van der Waals surface area contributed by atoms with Crippen molar-refractivity contribution in [3.63, 3.8) is 0 Å². The molecule has 24 heavy (non-hydrogen) atoms. The highest BCUT2D eigenvalue weighted by atomic mass is 16.1. The number of benzene rings is 2. The minimum atomic E-state index is -0.0604. The van der Waals surface area contributed by atoms with E-state index in [9.17, 15) is 4.79 Å². The van der Waals surface area contributed by atoms with Gasteiger partial charge in [0.1, 0.15) is 0 Å². The Morgan fingerprint density at radius 2 is 1.79 bits per heavy atom. The van der Waals surface area contributed by atoms with Gasteiger partial charge in [-0.3, -0.25) is 9.89 Å². The molecule has 0 unspecified atom stereocenters. The number of nitrogens with zero attached hydrogens (tertiary/aromatic N) is 2. The standard InChI is InChI=1S/C19H18N4O/c1-12-7-3-4-8-14(12)11-15-13(2)22-23(18(15)24)19-20-16-9-5-6-10-17(16)21-19/h3-10,22H,11H2,1-2H3,(H,20,21). The Morgan fingerprint density at radius 1 is 1.04 bits per heavy atom. The van der Waals surface area contributed by atoms with Gasteiger partial charge >= 0.3 is 0 Å². The van der Waals surface area contributed by atoms with Crippen LogP contribution in [0.5, 0.6) is 0 Å². The van der Waals surface area contributed by atoms with Crippen LogP contribution in [0.1, 0.15) is 22.4 Å². The Bertz CT molecular complexity index is 1050. The molecule has 0 aliphatic rings. The van der Waals surface area contributed by atoms with Gasteiger partial charge in [0.15, 0.2) is 0 Å². The Morgan fingerprint density at radius 3 is 2.58 bits per heavy atom. The molecule has 5 nitrogen and oxygen atoms in total. The molecule has 4 aromatic rings. The highest BCUT2D eigenvalue weighted by Crippen LogP contribution is 2.16. The first-order chi connectivity index (χ1) is 11.6. The second-order valence-electron chi connectivity index (χ2n) is 6.04. The SMILES string of the molecule is Cc1ccccc1Cc1c(C)[nH]n(-c2nc3ccccc3[nH]2)c1=O. The van der Waals surface area contributed by atoms with Crippen LogP contribution in [0, 0.1) is 13.8 Å². The molecule has 2 N–H and O–H groups in total. The van der Waals surface area contributed by atoms with Gasteiger partial charge in [-0.1, -0.05) is 36.4 Å². The predicted molar refractivity (Wildman–Crippen MR) is 94.8 cm³/mol. The van der Waals surface area contributed by atoms with Crippen LogP contribution in [0.4, 0.5) is 0 Å². The van der Waals surface area contributed by atoms with E-state index in [4.69, 9.17) is 0 Å². The summed E-state index contributed by atoms with van der Waals surface area (Å²) in [6.07, 6.45) is 0.612. The Balaban J connectivity index is 1.79. The van der Waals surface area contributed by atoms with Crippen molar-refractivity contribution in [2.75, 3.05) is 0 Å². The van der Waals surface area contributed by atoms with Crippen molar-refractivity contribution < 1.29 is 0 Å². The van der Waals surface area contributed by atoms with Gasteiger partial charge in [0.25, 0.3) is 5.56 Å². The van der Waals surface area contributed by atoms with Crippen LogP contribution in [-0.4, -0.2) is 19.7 Å². The molecular weight excluding hydrogens is 300 g/mol. The number of aryl methyl sites for hydroxylation is 2. The fourth-order valence-corrected chi connectivity index (χ4v) is 2.98. The lowest BCUT2D eigenvalue weighted by atomic mass is 10.0. The van der Waals surface area contributed by atoms with E-state index < -0.39 is 0 Å². The van der Waals surface area contributed by atoms with Crippen molar-refractivity contribution in [3.8, 4) is 5.95 Å². The first kappa shape index (κ1) is 14.5. The second kappa shape index (κ2) is 5.53. The predicted octanol–water partition coefficient (Wildman–Crippen LogP) is 3.25. The summed E-state index contributed by atoms with van der Waals surface area (Å²) < 4.78 is 1.49. The first-order valence-electron chi connectivity index (χ1n) is 7.93. The number of nitrogens with one attached hydrogen (secondary N) is 2. The summed E-state index contributed by atoms with van der Waals surface area (Å²) in [4.78, 5) is 20.5. The fraction of sp³-hybridized carbons (Fsp3) is 0.158. The summed E-state index contributed by atoms with van der Waals surface area (Å²) in [7, 11) is 0. The van der Waals surface area contributed by atoms with E-state index in [0.29, 0.717) is 12.4 Å². The molecule has 0 aliphatic carbocycles. The first-order valence-corrected chi connectivity index (χ1v) is 7.93. The van der Waals surface area contributed by atoms with E-state index in [1.807, 2.05) is 43.3 Å². The number of aromatic nitrogens is 4. The van der Waals surface area contributed by atoms with E-state index in [1.54, 1.807) is 0 Å². The third kappa shape index (κ3) is 2.34. The normalized spacial score (nSPS) is 11.2. The lowest BCUT2D eigenvalue weighted by molar-refractivity contribution is 0.790. The van der Waals surface area contributed by atoms with E-state index >= 15 is 0 Å². The van der Waals surface area contributed by atoms with Crippen LogP contribution in [0.3, 0.4) is 0 Å². The summed E-state index contributed by atoms with van der Waals surface area (Å²) in [5.41, 5.74) is 5.67. The topological polar surface area (TPSA) is 66.5 Å². The molecule has 2 aromatic heterocycles. The molecule has 2 heterocycles. The molecule has 4 rings (SSSR count). The zero-order valence-corrected chi connectivity index (χ0v) is 13.6. The Hall–Kier alpha value is -3.08. The molecule has 0 radical (unpaired) electrons.